The van der Waals surface area contributed by atoms with Gasteiger partial charge in [-0.15, -0.1) is 0 Å². The normalized spacial score (nSPS) is 16.2. The number of benzene rings is 2. The van der Waals surface area contributed by atoms with Crippen molar-refractivity contribution in [2.24, 2.45) is 5.92 Å². The first-order valence-corrected chi connectivity index (χ1v) is 9.23. The number of rotatable bonds is 6. The first-order chi connectivity index (χ1) is 14.3. The largest absolute Gasteiger partial charge is 0.434 e. The fourth-order valence-corrected chi connectivity index (χ4v) is 3.30. The van der Waals surface area contributed by atoms with Crippen molar-refractivity contribution in [1.29, 1.82) is 0 Å². The Balaban J connectivity index is 1.67. The average Bonchev–Trinajstić information content (AvgIpc) is 2.73. The number of non-ortho nitro benzene ring substituents is 1. The van der Waals surface area contributed by atoms with Crippen LogP contribution in [0.2, 0.25) is 0 Å². The molecule has 1 saturated heterocycles. The minimum Gasteiger partial charge on any atom is -0.434 e. The molecule has 1 aliphatic heterocycles. The van der Waals surface area contributed by atoms with Gasteiger partial charge in [-0.05, 0) is 37.1 Å². The van der Waals surface area contributed by atoms with Crippen LogP contribution in [0.1, 0.15) is 23.2 Å². The van der Waals surface area contributed by atoms with E-state index in [-0.39, 0.29) is 29.5 Å². The van der Waals surface area contributed by atoms with E-state index >= 15 is 0 Å². The predicted molar refractivity (Wildman–Crippen MR) is 103 cm³/mol. The number of amides is 2. The Morgan fingerprint density at radius 3 is 2.53 bits per heavy atom. The quantitative estimate of drug-likeness (QED) is 0.568. The Labute approximate surface area is 170 Å². The number of carbonyl (C=O) groups excluding carboxylic acids is 2. The van der Waals surface area contributed by atoms with Gasteiger partial charge in [0.25, 0.3) is 11.6 Å². The average molecular weight is 419 g/mol. The monoisotopic (exact) mass is 419 g/mol. The fraction of sp³-hybridized carbons (Fsp3) is 0.300. The number of nitrogens with one attached hydrogen (secondary N) is 1. The molecule has 8 nitrogen and oxygen atoms in total. The number of nitrogens with zero attached hydrogens (tertiary/aromatic N) is 2. The van der Waals surface area contributed by atoms with Crippen LogP contribution >= 0.6 is 0 Å². The maximum absolute atomic E-state index is 12.8. The van der Waals surface area contributed by atoms with Crippen molar-refractivity contribution in [3.8, 4) is 5.75 Å². The fourth-order valence-electron chi connectivity index (χ4n) is 3.30. The van der Waals surface area contributed by atoms with Gasteiger partial charge in [-0.25, -0.2) is 0 Å². The van der Waals surface area contributed by atoms with Gasteiger partial charge in [0.2, 0.25) is 5.91 Å². The molecule has 0 aromatic heterocycles. The molecular weight excluding hydrogens is 400 g/mol. The second-order valence-corrected chi connectivity index (χ2v) is 6.76. The molecule has 0 saturated carbocycles. The third-order valence-electron chi connectivity index (χ3n) is 4.76. The molecule has 158 valence electrons. The van der Waals surface area contributed by atoms with E-state index in [0.717, 1.165) is 0 Å². The maximum Gasteiger partial charge on any atom is 0.387 e. The molecule has 1 aliphatic rings. The Morgan fingerprint density at radius 1 is 1.17 bits per heavy atom. The van der Waals surface area contributed by atoms with Gasteiger partial charge >= 0.3 is 6.61 Å². The maximum atomic E-state index is 12.8. The molecule has 1 heterocycles. The van der Waals surface area contributed by atoms with E-state index in [1.54, 1.807) is 6.07 Å². The van der Waals surface area contributed by atoms with Crippen LogP contribution in [-0.2, 0) is 4.79 Å². The Hall–Kier alpha value is -3.56. The summed E-state index contributed by atoms with van der Waals surface area (Å²) in [6.07, 6.45) is 1.12. The summed E-state index contributed by atoms with van der Waals surface area (Å²) >= 11 is 0. The predicted octanol–water partition coefficient (Wildman–Crippen LogP) is 3.69. The molecule has 10 heteroatoms. The van der Waals surface area contributed by atoms with E-state index in [1.807, 2.05) is 0 Å². The summed E-state index contributed by atoms with van der Waals surface area (Å²) in [4.78, 5) is 37.0. The Morgan fingerprint density at radius 2 is 1.87 bits per heavy atom. The van der Waals surface area contributed by atoms with Gasteiger partial charge in [0, 0.05) is 30.9 Å². The van der Waals surface area contributed by atoms with Crippen molar-refractivity contribution in [3.05, 3.63) is 64.2 Å². The highest BCUT2D eigenvalue weighted by atomic mass is 19.3. The van der Waals surface area contributed by atoms with Crippen LogP contribution in [0, 0.1) is 16.0 Å². The molecule has 0 aliphatic carbocycles. The smallest absolute Gasteiger partial charge is 0.387 e. The lowest BCUT2D eigenvalue weighted by Gasteiger charge is -2.32. The number of carbonyl (C=O) groups is 2. The molecule has 1 atom stereocenters. The van der Waals surface area contributed by atoms with Gasteiger partial charge in [0.15, 0.2) is 0 Å². The van der Waals surface area contributed by atoms with Crippen LogP contribution in [0.3, 0.4) is 0 Å². The molecule has 0 unspecified atom stereocenters. The van der Waals surface area contributed by atoms with Crippen LogP contribution in [-0.4, -0.2) is 41.3 Å². The van der Waals surface area contributed by atoms with E-state index < -0.39 is 23.4 Å². The summed E-state index contributed by atoms with van der Waals surface area (Å²) in [7, 11) is 0. The number of hydrogen-bond donors (Lipinski definition) is 1. The van der Waals surface area contributed by atoms with Gasteiger partial charge in [0.1, 0.15) is 5.75 Å². The summed E-state index contributed by atoms with van der Waals surface area (Å²) in [5, 5.41) is 13.4. The molecule has 0 radical (unpaired) electrons. The highest BCUT2D eigenvalue weighted by Crippen LogP contribution is 2.26. The van der Waals surface area contributed by atoms with Gasteiger partial charge in [0.05, 0.1) is 16.4 Å². The van der Waals surface area contributed by atoms with E-state index in [1.165, 1.54) is 47.4 Å². The first kappa shape index (κ1) is 21.2. The van der Waals surface area contributed by atoms with Gasteiger partial charge in [-0.2, -0.15) is 8.78 Å². The van der Waals surface area contributed by atoms with Crippen molar-refractivity contribution in [3.63, 3.8) is 0 Å². The number of nitro benzene ring substituents is 1. The lowest BCUT2D eigenvalue weighted by molar-refractivity contribution is -0.384. The molecule has 1 fully saturated rings. The van der Waals surface area contributed by atoms with Crippen molar-refractivity contribution < 1.29 is 28.0 Å². The first-order valence-electron chi connectivity index (χ1n) is 9.23. The highest BCUT2D eigenvalue weighted by Gasteiger charge is 2.30. The SMILES string of the molecule is O=C(Nc1ccc([N+](=O)[O-])cc1)[C@H]1CCCN(C(=O)c2ccccc2OC(F)F)C1. The van der Waals surface area contributed by atoms with E-state index in [0.29, 0.717) is 25.1 Å². The minimum atomic E-state index is -3.06. The summed E-state index contributed by atoms with van der Waals surface area (Å²) in [5.74, 6) is -1.52. The second-order valence-electron chi connectivity index (χ2n) is 6.76. The van der Waals surface area contributed by atoms with E-state index in [4.69, 9.17) is 0 Å². The number of likely N-dealkylation sites (tertiary alicyclic amines) is 1. The number of piperidine rings is 1. The second kappa shape index (κ2) is 9.29. The van der Waals surface area contributed by atoms with E-state index in [9.17, 15) is 28.5 Å². The molecule has 0 spiro atoms. The van der Waals surface area contributed by atoms with Gasteiger partial charge in [-0.1, -0.05) is 12.1 Å². The molecule has 30 heavy (non-hydrogen) atoms. The Bertz CT molecular complexity index is 936. The van der Waals surface area contributed by atoms with E-state index in [2.05, 4.69) is 10.1 Å². The number of ether oxygens (including phenoxy) is 1. The molecule has 1 N–H and O–H groups in total. The van der Waals surface area contributed by atoms with Crippen LogP contribution < -0.4 is 10.1 Å². The van der Waals surface area contributed by atoms with Crippen LogP contribution in [0.25, 0.3) is 0 Å². The topological polar surface area (TPSA) is 102 Å². The standard InChI is InChI=1S/C20H19F2N3O5/c21-20(22)30-17-6-2-1-5-16(17)19(27)24-11-3-4-13(12-24)18(26)23-14-7-9-15(10-8-14)25(28)29/h1-2,5-10,13,20H,3-4,11-12H2,(H,23,26)/t13-/m0/s1. The molecule has 2 amide bonds. The zero-order valence-electron chi connectivity index (χ0n) is 15.8. The summed E-state index contributed by atoms with van der Waals surface area (Å²) in [5.41, 5.74) is 0.325. The number of anilines is 1. The molecule has 2 aromatic carbocycles. The summed E-state index contributed by atoms with van der Waals surface area (Å²) in [6, 6.07) is 11.2. The third-order valence-corrected chi connectivity index (χ3v) is 4.76. The van der Waals surface area contributed by atoms with Crippen molar-refractivity contribution in [2.75, 3.05) is 18.4 Å². The molecule has 2 aromatic rings. The third kappa shape index (κ3) is 5.07. The number of para-hydroxylation sites is 1. The number of hydrogen-bond acceptors (Lipinski definition) is 5. The highest BCUT2D eigenvalue weighted by molar-refractivity contribution is 5.98. The number of alkyl halides is 2. The zero-order valence-corrected chi connectivity index (χ0v) is 15.8. The van der Waals surface area contributed by atoms with Crippen LogP contribution in [0.5, 0.6) is 5.75 Å². The number of halogens is 2. The zero-order chi connectivity index (χ0) is 21.7. The molecule has 0 bridgehead atoms. The van der Waals surface area contributed by atoms with Crippen molar-refractivity contribution in [1.82, 2.24) is 4.90 Å². The summed E-state index contributed by atoms with van der Waals surface area (Å²) in [6.45, 7) is -2.54. The van der Waals surface area contributed by atoms with Crippen molar-refractivity contribution in [2.45, 2.75) is 19.5 Å². The minimum absolute atomic E-state index is 0.00854. The van der Waals surface area contributed by atoms with Crippen LogP contribution in [0.15, 0.2) is 48.5 Å². The lowest BCUT2D eigenvalue weighted by atomic mass is 9.96. The van der Waals surface area contributed by atoms with Gasteiger partial charge < -0.3 is 15.0 Å². The lowest BCUT2D eigenvalue weighted by Crippen LogP contribution is -2.43. The Kier molecular flexibility index (Phi) is 6.55. The van der Waals surface area contributed by atoms with Crippen molar-refractivity contribution >= 4 is 23.2 Å². The van der Waals surface area contributed by atoms with Crippen LogP contribution in [0.4, 0.5) is 20.2 Å². The van der Waals surface area contributed by atoms with Gasteiger partial charge in [-0.3, -0.25) is 19.7 Å². The molecular formula is C20H19F2N3O5. The summed E-state index contributed by atoms with van der Waals surface area (Å²) < 4.78 is 29.7. The number of nitro groups is 1. The molecule has 3 rings (SSSR count).